The second kappa shape index (κ2) is 10.9. The number of hydrogen-bond acceptors (Lipinski definition) is 6. The quantitative estimate of drug-likeness (QED) is 0.351. The summed E-state index contributed by atoms with van der Waals surface area (Å²) in [6.07, 6.45) is -5.26. The first-order chi connectivity index (χ1) is 18.8. The van der Waals surface area contributed by atoms with Crippen LogP contribution in [0.1, 0.15) is 35.5 Å². The molecule has 12 heteroatoms. The van der Waals surface area contributed by atoms with Crippen molar-refractivity contribution in [2.24, 2.45) is 0 Å². The standard InChI is InChI=1S/C28H27F5N2O5/c1-26(2)15-40-24-19(26)13-22(35-23(24)16-4-7-18(30)8-5-16)27(37,28(31,32)33)14-34-25(36)17-6-9-20(39-11-10-29)21(12-17)38-3/h4-9,12-13,37H,10-11,14-15H2,1-3H3,(H,34,36)/t27-/m0/s1. The van der Waals surface area contributed by atoms with E-state index in [2.05, 4.69) is 10.3 Å². The predicted octanol–water partition coefficient (Wildman–Crippen LogP) is 5.09. The zero-order chi connectivity index (χ0) is 29.3. The Morgan fingerprint density at radius 3 is 2.45 bits per heavy atom. The lowest BCUT2D eigenvalue weighted by atomic mass is 9.84. The maximum atomic E-state index is 14.5. The molecule has 1 aliphatic heterocycles. The van der Waals surface area contributed by atoms with Gasteiger partial charge in [-0.1, -0.05) is 13.8 Å². The van der Waals surface area contributed by atoms with Gasteiger partial charge in [-0.15, -0.1) is 0 Å². The summed E-state index contributed by atoms with van der Waals surface area (Å²) in [5.74, 6) is -1.05. The second-order valence-corrected chi connectivity index (χ2v) is 9.86. The zero-order valence-electron chi connectivity index (χ0n) is 21.9. The van der Waals surface area contributed by atoms with Gasteiger partial charge in [0.2, 0.25) is 5.60 Å². The third-order valence-corrected chi connectivity index (χ3v) is 6.56. The number of benzene rings is 2. The molecule has 0 aliphatic carbocycles. The number of carbonyl (C=O) groups is 1. The number of halogens is 5. The third-order valence-electron chi connectivity index (χ3n) is 6.56. The Morgan fingerprint density at radius 1 is 1.12 bits per heavy atom. The summed E-state index contributed by atoms with van der Waals surface area (Å²) >= 11 is 0. The molecular formula is C28H27F5N2O5. The van der Waals surface area contributed by atoms with Crippen LogP contribution < -0.4 is 19.5 Å². The lowest BCUT2D eigenvalue weighted by Gasteiger charge is -2.31. The number of rotatable bonds is 9. The lowest BCUT2D eigenvalue weighted by molar-refractivity contribution is -0.265. The summed E-state index contributed by atoms with van der Waals surface area (Å²) in [6, 6.07) is 9.88. The highest BCUT2D eigenvalue weighted by Crippen LogP contribution is 2.47. The van der Waals surface area contributed by atoms with E-state index in [1.807, 2.05) is 0 Å². The number of methoxy groups -OCH3 is 1. The second-order valence-electron chi connectivity index (χ2n) is 9.86. The summed E-state index contributed by atoms with van der Waals surface area (Å²) in [4.78, 5) is 17.0. The molecule has 0 unspecified atom stereocenters. The maximum Gasteiger partial charge on any atom is 0.424 e. The van der Waals surface area contributed by atoms with E-state index >= 15 is 0 Å². The van der Waals surface area contributed by atoms with Gasteiger partial charge in [0.15, 0.2) is 11.5 Å². The molecule has 1 aliphatic rings. The van der Waals surface area contributed by atoms with Crippen LogP contribution in [-0.4, -0.2) is 55.7 Å². The van der Waals surface area contributed by atoms with Gasteiger partial charge in [0.1, 0.15) is 30.5 Å². The van der Waals surface area contributed by atoms with Crippen LogP contribution in [-0.2, 0) is 11.0 Å². The Hall–Kier alpha value is -3.93. The lowest BCUT2D eigenvalue weighted by Crippen LogP contribution is -2.51. The van der Waals surface area contributed by atoms with Gasteiger partial charge in [0.25, 0.3) is 5.91 Å². The number of amides is 1. The van der Waals surface area contributed by atoms with Crippen molar-refractivity contribution in [1.82, 2.24) is 10.3 Å². The molecule has 2 N–H and O–H groups in total. The Bertz CT molecular complexity index is 1400. The van der Waals surface area contributed by atoms with Crippen molar-refractivity contribution in [2.75, 3.05) is 33.5 Å². The van der Waals surface area contributed by atoms with E-state index in [9.17, 15) is 31.9 Å². The molecule has 3 aromatic rings. The molecule has 0 radical (unpaired) electrons. The van der Waals surface area contributed by atoms with Crippen molar-refractivity contribution in [3.05, 3.63) is 71.2 Å². The number of hydrogen-bond donors (Lipinski definition) is 2. The molecule has 4 rings (SSSR count). The molecule has 40 heavy (non-hydrogen) atoms. The molecule has 0 spiro atoms. The molecule has 0 saturated carbocycles. The molecule has 2 aromatic carbocycles. The van der Waals surface area contributed by atoms with E-state index in [4.69, 9.17) is 14.2 Å². The minimum atomic E-state index is -5.26. The summed E-state index contributed by atoms with van der Waals surface area (Å²) < 4.78 is 85.5. The third kappa shape index (κ3) is 5.53. The van der Waals surface area contributed by atoms with Crippen molar-refractivity contribution >= 4 is 5.91 Å². The van der Waals surface area contributed by atoms with Crippen LogP contribution in [0.15, 0.2) is 48.5 Å². The van der Waals surface area contributed by atoms with Crippen molar-refractivity contribution < 1.29 is 46.1 Å². The van der Waals surface area contributed by atoms with E-state index in [1.54, 1.807) is 13.8 Å². The van der Waals surface area contributed by atoms with Gasteiger partial charge in [0.05, 0.1) is 26.0 Å². The Labute approximate surface area is 226 Å². The Morgan fingerprint density at radius 2 is 1.82 bits per heavy atom. The highest BCUT2D eigenvalue weighted by atomic mass is 19.4. The van der Waals surface area contributed by atoms with Crippen LogP contribution in [0.4, 0.5) is 22.0 Å². The smallest absolute Gasteiger partial charge is 0.424 e. The monoisotopic (exact) mass is 566 g/mol. The first-order valence-corrected chi connectivity index (χ1v) is 12.2. The number of fused-ring (bicyclic) bond motifs is 1. The van der Waals surface area contributed by atoms with Crippen LogP contribution >= 0.6 is 0 Å². The molecular weight excluding hydrogens is 539 g/mol. The fourth-order valence-corrected chi connectivity index (χ4v) is 4.25. The topological polar surface area (TPSA) is 89.9 Å². The average molecular weight is 567 g/mol. The molecule has 214 valence electrons. The van der Waals surface area contributed by atoms with Gasteiger partial charge >= 0.3 is 6.18 Å². The number of aliphatic hydroxyl groups is 1. The number of pyridine rings is 1. The van der Waals surface area contributed by atoms with E-state index in [-0.39, 0.29) is 47.3 Å². The first kappa shape index (κ1) is 29.1. The molecule has 0 bridgehead atoms. The SMILES string of the molecule is COc1cc(C(=O)NC[C@](O)(c2cc3c(c(-c4ccc(F)cc4)n2)OCC3(C)C)C(F)(F)F)ccc1OCCF. The fraction of sp³-hybridized carbons (Fsp3) is 0.357. The molecule has 1 amide bonds. The molecule has 0 saturated heterocycles. The van der Waals surface area contributed by atoms with Crippen LogP contribution in [0, 0.1) is 5.82 Å². The number of nitrogens with zero attached hydrogens (tertiary/aromatic N) is 1. The summed E-state index contributed by atoms with van der Waals surface area (Å²) in [6.45, 7) is 1.39. The largest absolute Gasteiger partial charge is 0.493 e. The van der Waals surface area contributed by atoms with Gasteiger partial charge in [-0.2, -0.15) is 13.2 Å². The highest BCUT2D eigenvalue weighted by molar-refractivity contribution is 5.95. The number of nitrogens with one attached hydrogen (secondary N) is 1. The van der Waals surface area contributed by atoms with Gasteiger partial charge in [0, 0.05) is 22.1 Å². The van der Waals surface area contributed by atoms with Gasteiger partial charge in [-0.3, -0.25) is 4.79 Å². The molecule has 1 atom stereocenters. The van der Waals surface area contributed by atoms with Gasteiger partial charge in [-0.25, -0.2) is 13.8 Å². The maximum absolute atomic E-state index is 14.5. The van der Waals surface area contributed by atoms with E-state index < -0.39 is 47.8 Å². The Balaban J connectivity index is 1.71. The normalized spacial score (nSPS) is 15.5. The number of carbonyl (C=O) groups excluding carboxylic acids is 1. The number of ether oxygens (including phenoxy) is 3. The Kier molecular flexibility index (Phi) is 7.93. The van der Waals surface area contributed by atoms with Crippen LogP contribution in [0.25, 0.3) is 11.3 Å². The van der Waals surface area contributed by atoms with Crippen molar-refractivity contribution in [3.63, 3.8) is 0 Å². The number of aromatic nitrogens is 1. The summed E-state index contributed by atoms with van der Waals surface area (Å²) in [7, 11) is 1.28. The zero-order valence-corrected chi connectivity index (χ0v) is 21.9. The van der Waals surface area contributed by atoms with Crippen LogP contribution in [0.2, 0.25) is 0 Å². The summed E-state index contributed by atoms with van der Waals surface area (Å²) in [5, 5.41) is 13.2. The van der Waals surface area contributed by atoms with Crippen LogP contribution in [0.5, 0.6) is 17.2 Å². The minimum absolute atomic E-state index is 0.000630. The summed E-state index contributed by atoms with van der Waals surface area (Å²) in [5.41, 5.74) is -4.51. The van der Waals surface area contributed by atoms with E-state index in [1.165, 1.54) is 37.4 Å². The van der Waals surface area contributed by atoms with Crippen LogP contribution in [0.3, 0.4) is 0 Å². The molecule has 2 heterocycles. The van der Waals surface area contributed by atoms with Gasteiger partial charge < -0.3 is 24.6 Å². The first-order valence-electron chi connectivity index (χ1n) is 12.2. The predicted molar refractivity (Wildman–Crippen MR) is 135 cm³/mol. The van der Waals surface area contributed by atoms with E-state index in [0.717, 1.165) is 18.2 Å². The van der Waals surface area contributed by atoms with E-state index in [0.29, 0.717) is 5.56 Å². The minimum Gasteiger partial charge on any atom is -0.493 e. The van der Waals surface area contributed by atoms with Crippen molar-refractivity contribution in [2.45, 2.75) is 31.0 Å². The molecule has 1 aromatic heterocycles. The van der Waals surface area contributed by atoms with Crippen molar-refractivity contribution in [1.29, 1.82) is 0 Å². The molecule has 7 nitrogen and oxygen atoms in total. The number of alkyl halides is 4. The molecule has 0 fully saturated rings. The van der Waals surface area contributed by atoms with Crippen molar-refractivity contribution in [3.8, 4) is 28.5 Å². The van der Waals surface area contributed by atoms with Gasteiger partial charge in [-0.05, 0) is 48.5 Å². The highest BCUT2D eigenvalue weighted by Gasteiger charge is 2.57. The fourth-order valence-electron chi connectivity index (χ4n) is 4.25. The average Bonchev–Trinajstić information content (AvgIpc) is 3.23.